The first-order valence-corrected chi connectivity index (χ1v) is 7.78. The third kappa shape index (κ3) is 3.67. The number of nitrogens with zero attached hydrogens (tertiary/aromatic N) is 3. The number of anilines is 1. The number of hydrogen-bond donors (Lipinski definition) is 2. The molecule has 0 aliphatic carbocycles. The van der Waals surface area contributed by atoms with Gasteiger partial charge in [-0.2, -0.15) is 0 Å². The lowest BCUT2D eigenvalue weighted by molar-refractivity contribution is -0.384. The largest absolute Gasteiger partial charge is 0.397 e. The average Bonchev–Trinajstić information content (AvgIpc) is 2.40. The standard InChI is InChI=1S/C11H17N5O4S/c1-14-4-6-15(7-5-14)13-21(19,20)11-3-2-9(16(17)18)8-10(11)12/h2-3,8,13H,4-7,12H2,1H3. The van der Waals surface area contributed by atoms with Gasteiger partial charge < -0.3 is 10.6 Å². The van der Waals surface area contributed by atoms with Gasteiger partial charge in [-0.15, -0.1) is 4.83 Å². The average molecular weight is 315 g/mol. The summed E-state index contributed by atoms with van der Waals surface area (Å²) < 4.78 is 24.5. The van der Waals surface area contributed by atoms with Gasteiger partial charge in [0.15, 0.2) is 0 Å². The summed E-state index contributed by atoms with van der Waals surface area (Å²) in [5.41, 5.74) is 5.23. The highest BCUT2D eigenvalue weighted by Crippen LogP contribution is 2.23. The van der Waals surface area contributed by atoms with Crippen LogP contribution in [-0.2, 0) is 10.0 Å². The molecular weight excluding hydrogens is 298 g/mol. The highest BCUT2D eigenvalue weighted by molar-refractivity contribution is 7.89. The summed E-state index contributed by atoms with van der Waals surface area (Å²) in [5, 5.41) is 12.2. The molecular formula is C11H17N5O4S. The van der Waals surface area contributed by atoms with Gasteiger partial charge in [0.2, 0.25) is 0 Å². The molecule has 1 aliphatic rings. The number of hydrogen-bond acceptors (Lipinski definition) is 7. The second kappa shape index (κ2) is 5.93. The molecule has 0 spiro atoms. The molecule has 1 heterocycles. The molecule has 0 aromatic heterocycles. The van der Waals surface area contributed by atoms with E-state index in [2.05, 4.69) is 9.73 Å². The van der Waals surface area contributed by atoms with Crippen molar-refractivity contribution in [2.24, 2.45) is 0 Å². The van der Waals surface area contributed by atoms with Crippen molar-refractivity contribution >= 4 is 21.4 Å². The number of nitrogens with one attached hydrogen (secondary N) is 1. The number of nitrogen functional groups attached to an aromatic ring is 1. The minimum atomic E-state index is -3.84. The monoisotopic (exact) mass is 315 g/mol. The Kier molecular flexibility index (Phi) is 4.42. The van der Waals surface area contributed by atoms with Crippen molar-refractivity contribution in [3.05, 3.63) is 28.3 Å². The molecule has 0 atom stereocenters. The number of likely N-dealkylation sites (N-methyl/N-ethyl adjacent to an activating group) is 1. The van der Waals surface area contributed by atoms with E-state index in [-0.39, 0.29) is 16.3 Å². The van der Waals surface area contributed by atoms with Crippen LogP contribution in [0.25, 0.3) is 0 Å². The van der Waals surface area contributed by atoms with Crippen LogP contribution in [-0.4, -0.2) is 56.5 Å². The van der Waals surface area contributed by atoms with Gasteiger partial charge in [0.25, 0.3) is 15.7 Å². The van der Waals surface area contributed by atoms with Crippen molar-refractivity contribution in [1.82, 2.24) is 14.7 Å². The van der Waals surface area contributed by atoms with Crippen LogP contribution in [0.1, 0.15) is 0 Å². The number of benzene rings is 1. The maximum absolute atomic E-state index is 12.3. The number of nitro benzene ring substituents is 1. The lowest BCUT2D eigenvalue weighted by Gasteiger charge is -2.32. The Morgan fingerprint density at radius 2 is 1.90 bits per heavy atom. The topological polar surface area (TPSA) is 122 Å². The molecule has 21 heavy (non-hydrogen) atoms. The van der Waals surface area contributed by atoms with Crippen LogP contribution < -0.4 is 10.6 Å². The smallest absolute Gasteiger partial charge is 0.271 e. The zero-order valence-electron chi connectivity index (χ0n) is 11.5. The van der Waals surface area contributed by atoms with Gasteiger partial charge in [-0.1, -0.05) is 0 Å². The number of hydrazine groups is 1. The van der Waals surface area contributed by atoms with Gasteiger partial charge in [0.1, 0.15) is 4.90 Å². The van der Waals surface area contributed by atoms with Crippen LogP contribution in [0.2, 0.25) is 0 Å². The predicted octanol–water partition coefficient (Wildman–Crippen LogP) is -0.382. The Hall–Kier alpha value is -1.75. The minimum absolute atomic E-state index is 0.147. The molecule has 3 N–H and O–H groups in total. The lowest BCUT2D eigenvalue weighted by Crippen LogP contribution is -2.52. The van der Waals surface area contributed by atoms with E-state index in [0.717, 1.165) is 31.3 Å². The Bertz CT molecular complexity index is 640. The van der Waals surface area contributed by atoms with E-state index in [1.807, 2.05) is 7.05 Å². The van der Waals surface area contributed by atoms with Crippen LogP contribution in [0.4, 0.5) is 11.4 Å². The summed E-state index contributed by atoms with van der Waals surface area (Å²) in [6.07, 6.45) is 0. The van der Waals surface area contributed by atoms with Crippen molar-refractivity contribution in [1.29, 1.82) is 0 Å². The normalized spacial score (nSPS) is 17.8. The molecule has 0 amide bonds. The fourth-order valence-corrected chi connectivity index (χ4v) is 3.25. The van der Waals surface area contributed by atoms with Gasteiger partial charge >= 0.3 is 0 Å². The van der Waals surface area contributed by atoms with Crippen LogP contribution >= 0.6 is 0 Å². The third-order valence-corrected chi connectivity index (χ3v) is 4.70. The molecule has 116 valence electrons. The molecule has 1 saturated heterocycles. The Morgan fingerprint density at radius 3 is 2.43 bits per heavy atom. The summed E-state index contributed by atoms with van der Waals surface area (Å²) in [6.45, 7) is 2.61. The molecule has 2 rings (SSSR count). The zero-order chi connectivity index (χ0) is 15.6. The molecule has 10 heteroatoms. The van der Waals surface area contributed by atoms with Crippen LogP contribution in [0, 0.1) is 10.1 Å². The Balaban J connectivity index is 2.18. The quantitative estimate of drug-likeness (QED) is 0.441. The zero-order valence-corrected chi connectivity index (χ0v) is 12.3. The maximum atomic E-state index is 12.3. The molecule has 0 bridgehead atoms. The number of nitrogens with two attached hydrogens (primary N) is 1. The van der Waals surface area contributed by atoms with Gasteiger partial charge in [-0.3, -0.25) is 10.1 Å². The fraction of sp³-hybridized carbons (Fsp3) is 0.455. The van der Waals surface area contributed by atoms with E-state index in [0.29, 0.717) is 13.1 Å². The molecule has 0 radical (unpaired) electrons. The lowest BCUT2D eigenvalue weighted by atomic mass is 10.3. The molecule has 1 aromatic rings. The van der Waals surface area contributed by atoms with Crippen LogP contribution in [0.5, 0.6) is 0 Å². The van der Waals surface area contributed by atoms with Crippen molar-refractivity contribution in [2.45, 2.75) is 4.90 Å². The van der Waals surface area contributed by atoms with E-state index in [4.69, 9.17) is 5.73 Å². The first-order chi connectivity index (χ1) is 9.79. The van der Waals surface area contributed by atoms with Crippen molar-refractivity contribution < 1.29 is 13.3 Å². The Morgan fingerprint density at radius 1 is 1.29 bits per heavy atom. The number of sulfonamides is 1. The van der Waals surface area contributed by atoms with E-state index in [1.54, 1.807) is 5.01 Å². The second-order valence-corrected chi connectivity index (χ2v) is 6.49. The molecule has 0 saturated carbocycles. The summed E-state index contributed by atoms with van der Waals surface area (Å²) in [4.78, 5) is 14.4. The number of rotatable bonds is 4. The molecule has 1 aliphatic heterocycles. The predicted molar refractivity (Wildman–Crippen MR) is 76.9 cm³/mol. The van der Waals surface area contributed by atoms with Crippen LogP contribution in [0.15, 0.2) is 23.1 Å². The van der Waals surface area contributed by atoms with Crippen molar-refractivity contribution in [2.75, 3.05) is 39.0 Å². The van der Waals surface area contributed by atoms with Crippen molar-refractivity contribution in [3.63, 3.8) is 0 Å². The highest BCUT2D eigenvalue weighted by Gasteiger charge is 2.24. The molecule has 0 unspecified atom stereocenters. The number of non-ortho nitro benzene ring substituents is 1. The first kappa shape index (κ1) is 15.6. The molecule has 9 nitrogen and oxygen atoms in total. The highest BCUT2D eigenvalue weighted by atomic mass is 32.2. The summed E-state index contributed by atoms with van der Waals surface area (Å²) in [7, 11) is -1.88. The molecule has 1 aromatic carbocycles. The van der Waals surface area contributed by atoms with Gasteiger partial charge in [0.05, 0.1) is 10.6 Å². The van der Waals surface area contributed by atoms with Crippen molar-refractivity contribution in [3.8, 4) is 0 Å². The van der Waals surface area contributed by atoms with Crippen LogP contribution in [0.3, 0.4) is 0 Å². The summed E-state index contributed by atoms with van der Waals surface area (Å²) in [6, 6.07) is 3.30. The fourth-order valence-electron chi connectivity index (χ4n) is 2.01. The van der Waals surface area contributed by atoms with Gasteiger partial charge in [0, 0.05) is 38.3 Å². The third-order valence-electron chi connectivity index (χ3n) is 3.25. The number of nitro groups is 1. The minimum Gasteiger partial charge on any atom is -0.397 e. The first-order valence-electron chi connectivity index (χ1n) is 6.29. The maximum Gasteiger partial charge on any atom is 0.271 e. The molecule has 1 fully saturated rings. The van der Waals surface area contributed by atoms with E-state index in [1.165, 1.54) is 0 Å². The summed E-state index contributed by atoms with van der Waals surface area (Å²) in [5.74, 6) is 0. The summed E-state index contributed by atoms with van der Waals surface area (Å²) >= 11 is 0. The van der Waals surface area contributed by atoms with E-state index in [9.17, 15) is 18.5 Å². The Labute approximate surface area is 122 Å². The second-order valence-electron chi connectivity index (χ2n) is 4.86. The van der Waals surface area contributed by atoms with E-state index >= 15 is 0 Å². The van der Waals surface area contributed by atoms with Gasteiger partial charge in [-0.05, 0) is 13.1 Å². The van der Waals surface area contributed by atoms with E-state index < -0.39 is 14.9 Å². The number of piperazine rings is 1. The van der Waals surface area contributed by atoms with Gasteiger partial charge in [-0.25, -0.2) is 13.4 Å². The SMILES string of the molecule is CN1CCN(NS(=O)(=O)c2ccc([N+](=O)[O-])cc2N)CC1.